The Kier molecular flexibility index (Phi) is 2.24. The lowest BCUT2D eigenvalue weighted by Gasteiger charge is -2.11. The zero-order valence-electron chi connectivity index (χ0n) is 10.0. The molecule has 1 fully saturated rings. The molecule has 1 aliphatic rings. The van der Waals surface area contributed by atoms with Gasteiger partial charge in [0.15, 0.2) is 0 Å². The molecule has 1 saturated carbocycles. The van der Waals surface area contributed by atoms with Gasteiger partial charge in [-0.1, -0.05) is 0 Å². The Morgan fingerprint density at radius 1 is 1.39 bits per heavy atom. The van der Waals surface area contributed by atoms with E-state index >= 15 is 0 Å². The van der Waals surface area contributed by atoms with Crippen molar-refractivity contribution in [3.8, 4) is 0 Å². The van der Waals surface area contributed by atoms with Gasteiger partial charge in [0, 0.05) is 28.3 Å². The van der Waals surface area contributed by atoms with Crippen LogP contribution in [0.1, 0.15) is 19.8 Å². The van der Waals surface area contributed by atoms with Crippen molar-refractivity contribution < 1.29 is 8.42 Å². The second-order valence-electron chi connectivity index (χ2n) is 5.12. The largest absolute Gasteiger partial charge is 0.399 e. The van der Waals surface area contributed by atoms with E-state index in [1.165, 1.54) is 6.20 Å². The zero-order valence-corrected chi connectivity index (χ0v) is 10.8. The van der Waals surface area contributed by atoms with Crippen LogP contribution < -0.4 is 10.5 Å². The van der Waals surface area contributed by atoms with Crippen LogP contribution in [0.25, 0.3) is 10.9 Å². The van der Waals surface area contributed by atoms with Crippen LogP contribution in [0.2, 0.25) is 0 Å². The highest BCUT2D eigenvalue weighted by Gasteiger charge is 2.41. The molecular formula is C12H15N3O2S. The molecule has 0 amide bonds. The third-order valence-corrected chi connectivity index (χ3v) is 5.02. The van der Waals surface area contributed by atoms with Gasteiger partial charge in [-0.3, -0.25) is 0 Å². The third-order valence-electron chi connectivity index (χ3n) is 3.34. The fourth-order valence-corrected chi connectivity index (χ4v) is 3.65. The Hall–Kier alpha value is -1.53. The Balaban J connectivity index is 2.08. The summed E-state index contributed by atoms with van der Waals surface area (Å²) >= 11 is 0. The van der Waals surface area contributed by atoms with Crippen molar-refractivity contribution in [1.29, 1.82) is 0 Å². The molecule has 1 heterocycles. The SMILES string of the molecule is CC1(NS(=O)(=O)c2c[nH]c3cc(N)ccc23)CC1. The summed E-state index contributed by atoms with van der Waals surface area (Å²) in [5, 5.41) is 0.668. The number of hydrogen-bond donors (Lipinski definition) is 3. The lowest BCUT2D eigenvalue weighted by Crippen LogP contribution is -2.34. The van der Waals surface area contributed by atoms with Gasteiger partial charge in [0.25, 0.3) is 0 Å². The van der Waals surface area contributed by atoms with Crippen molar-refractivity contribution in [2.75, 3.05) is 5.73 Å². The first kappa shape index (κ1) is 11.6. The van der Waals surface area contributed by atoms with Crippen molar-refractivity contribution >= 4 is 26.6 Å². The minimum atomic E-state index is -3.47. The molecule has 0 atom stereocenters. The van der Waals surface area contributed by atoms with Gasteiger partial charge in [0.1, 0.15) is 4.90 Å². The van der Waals surface area contributed by atoms with Crippen LogP contribution in [0.4, 0.5) is 5.69 Å². The van der Waals surface area contributed by atoms with Crippen molar-refractivity contribution in [3.63, 3.8) is 0 Å². The zero-order chi connectivity index (χ0) is 13.0. The molecular weight excluding hydrogens is 250 g/mol. The second-order valence-corrected chi connectivity index (χ2v) is 6.77. The summed E-state index contributed by atoms with van der Waals surface area (Å²) in [5.74, 6) is 0. The number of aromatic nitrogens is 1. The molecule has 18 heavy (non-hydrogen) atoms. The molecule has 0 spiro atoms. The number of fused-ring (bicyclic) bond motifs is 1. The molecule has 4 N–H and O–H groups in total. The molecule has 0 bridgehead atoms. The van der Waals surface area contributed by atoms with E-state index in [9.17, 15) is 8.42 Å². The summed E-state index contributed by atoms with van der Waals surface area (Å²) in [5.41, 5.74) is 6.74. The topological polar surface area (TPSA) is 88.0 Å². The maximum absolute atomic E-state index is 12.3. The number of benzene rings is 1. The molecule has 0 aliphatic heterocycles. The molecule has 0 saturated heterocycles. The van der Waals surface area contributed by atoms with E-state index in [1.54, 1.807) is 18.2 Å². The predicted octanol–water partition coefficient (Wildman–Crippen LogP) is 1.58. The normalized spacial score (nSPS) is 18.1. The molecule has 3 rings (SSSR count). The van der Waals surface area contributed by atoms with Crippen molar-refractivity contribution in [3.05, 3.63) is 24.4 Å². The van der Waals surface area contributed by atoms with Gasteiger partial charge in [-0.25, -0.2) is 13.1 Å². The lowest BCUT2D eigenvalue weighted by atomic mass is 10.2. The fourth-order valence-electron chi connectivity index (χ4n) is 2.01. The molecule has 1 aliphatic carbocycles. The molecule has 1 aromatic carbocycles. The summed E-state index contributed by atoms with van der Waals surface area (Å²) in [4.78, 5) is 3.23. The third kappa shape index (κ3) is 1.87. The van der Waals surface area contributed by atoms with E-state index in [4.69, 9.17) is 5.73 Å². The number of nitrogens with two attached hydrogens (primary N) is 1. The van der Waals surface area contributed by atoms with Gasteiger partial charge < -0.3 is 10.7 Å². The van der Waals surface area contributed by atoms with E-state index in [2.05, 4.69) is 9.71 Å². The molecule has 0 radical (unpaired) electrons. The standard InChI is InChI=1S/C12H15N3O2S/c1-12(4-5-12)15-18(16,17)11-7-14-10-6-8(13)2-3-9(10)11/h2-3,6-7,14-15H,4-5,13H2,1H3. The maximum Gasteiger partial charge on any atom is 0.243 e. The quantitative estimate of drug-likeness (QED) is 0.736. The molecule has 6 heteroatoms. The number of H-pyrrole nitrogens is 1. The summed E-state index contributed by atoms with van der Waals surface area (Å²) in [6.07, 6.45) is 3.29. The summed E-state index contributed by atoms with van der Waals surface area (Å²) < 4.78 is 27.3. The smallest absolute Gasteiger partial charge is 0.243 e. The average Bonchev–Trinajstić information content (AvgIpc) is 2.84. The molecule has 1 aromatic heterocycles. The lowest BCUT2D eigenvalue weighted by molar-refractivity contribution is 0.559. The first-order valence-corrected chi connectivity index (χ1v) is 7.29. The number of hydrogen-bond acceptors (Lipinski definition) is 3. The number of nitrogens with one attached hydrogen (secondary N) is 2. The Labute approximate surface area is 105 Å². The van der Waals surface area contributed by atoms with E-state index < -0.39 is 10.0 Å². The van der Waals surface area contributed by atoms with Gasteiger partial charge in [-0.15, -0.1) is 0 Å². The molecule has 0 unspecified atom stereocenters. The van der Waals surface area contributed by atoms with Gasteiger partial charge >= 0.3 is 0 Å². The average molecular weight is 265 g/mol. The monoisotopic (exact) mass is 265 g/mol. The number of sulfonamides is 1. The van der Waals surface area contributed by atoms with Crippen molar-refractivity contribution in [2.24, 2.45) is 0 Å². The van der Waals surface area contributed by atoms with Crippen LogP contribution in [-0.4, -0.2) is 18.9 Å². The Morgan fingerprint density at radius 2 is 2.11 bits per heavy atom. The number of anilines is 1. The van der Waals surface area contributed by atoms with Crippen molar-refractivity contribution in [1.82, 2.24) is 9.71 Å². The van der Waals surface area contributed by atoms with Gasteiger partial charge in [-0.05, 0) is 38.0 Å². The first-order valence-electron chi connectivity index (χ1n) is 5.80. The van der Waals surface area contributed by atoms with E-state index in [-0.39, 0.29) is 10.4 Å². The minimum absolute atomic E-state index is 0.268. The first-order chi connectivity index (χ1) is 8.40. The molecule has 5 nitrogen and oxygen atoms in total. The van der Waals surface area contributed by atoms with Crippen LogP contribution in [0.5, 0.6) is 0 Å². The number of aromatic amines is 1. The van der Waals surface area contributed by atoms with Gasteiger partial charge in [-0.2, -0.15) is 0 Å². The van der Waals surface area contributed by atoms with Gasteiger partial charge in [0.2, 0.25) is 10.0 Å². The molecule has 2 aromatic rings. The number of nitrogen functional groups attached to an aromatic ring is 1. The summed E-state index contributed by atoms with van der Waals surface area (Å²) in [7, 11) is -3.47. The van der Waals surface area contributed by atoms with Crippen LogP contribution in [0.3, 0.4) is 0 Å². The van der Waals surface area contributed by atoms with Crippen LogP contribution in [0.15, 0.2) is 29.3 Å². The Morgan fingerprint density at radius 3 is 2.78 bits per heavy atom. The van der Waals surface area contributed by atoms with E-state index in [1.807, 2.05) is 6.92 Å². The highest BCUT2D eigenvalue weighted by molar-refractivity contribution is 7.89. The van der Waals surface area contributed by atoms with E-state index in [0.29, 0.717) is 11.1 Å². The predicted molar refractivity (Wildman–Crippen MR) is 70.7 cm³/mol. The highest BCUT2D eigenvalue weighted by Crippen LogP contribution is 2.36. The van der Waals surface area contributed by atoms with Crippen molar-refractivity contribution in [2.45, 2.75) is 30.2 Å². The maximum atomic E-state index is 12.3. The summed E-state index contributed by atoms with van der Waals surface area (Å²) in [6, 6.07) is 5.16. The van der Waals surface area contributed by atoms with Crippen LogP contribution in [0, 0.1) is 0 Å². The molecule has 96 valence electrons. The second kappa shape index (κ2) is 3.49. The number of rotatable bonds is 3. The minimum Gasteiger partial charge on any atom is -0.399 e. The van der Waals surface area contributed by atoms with E-state index in [0.717, 1.165) is 18.4 Å². The Bertz CT molecular complexity index is 714. The summed E-state index contributed by atoms with van der Waals surface area (Å²) in [6.45, 7) is 1.91. The van der Waals surface area contributed by atoms with Crippen LogP contribution >= 0.6 is 0 Å². The fraction of sp³-hybridized carbons (Fsp3) is 0.333. The van der Waals surface area contributed by atoms with Crippen LogP contribution in [-0.2, 0) is 10.0 Å². The highest BCUT2D eigenvalue weighted by atomic mass is 32.2. The van der Waals surface area contributed by atoms with Gasteiger partial charge in [0.05, 0.1) is 0 Å².